The average Bonchev–Trinajstić information content (AvgIpc) is 2.88. The molecule has 4 aromatic rings. The summed E-state index contributed by atoms with van der Waals surface area (Å²) in [4.78, 5) is 0. The Morgan fingerprint density at radius 1 is 0.818 bits per heavy atom. The standard InChI is InChI=1S/C26H25N2O4P/c1-32-23-18-12-20(13-19-23)26(27-21-14-16-22(17-15-21)28(29)30)33(31,24-8-4-2-5-9-24)25-10-6-3-7-11-25/h2-19,26-29H,1H3. The lowest BCUT2D eigenvalue weighted by Crippen LogP contribution is -2.99. The molecule has 0 radical (unpaired) electrons. The minimum Gasteiger partial charge on any atom is -0.595 e. The Hall–Kier alpha value is -3.41. The topological polar surface area (TPSA) is 86.1 Å². The number of nitrogens with one attached hydrogen (secondary N) is 2. The van der Waals surface area contributed by atoms with E-state index in [4.69, 9.17) is 4.74 Å². The quantitative estimate of drug-likeness (QED) is 0.271. The van der Waals surface area contributed by atoms with Gasteiger partial charge in [-0.05, 0) is 29.8 Å². The third kappa shape index (κ3) is 4.85. The van der Waals surface area contributed by atoms with Crippen molar-refractivity contribution in [3.05, 3.63) is 120 Å². The predicted octanol–water partition coefficient (Wildman–Crippen LogP) is 4.22. The SMILES string of the molecule is COc1ccc(C(Nc2ccc([NH+]([O-])O)cc2)P(=O)(c2ccccc2)c2ccccc2)cc1. The first-order valence-electron chi connectivity index (χ1n) is 10.5. The monoisotopic (exact) mass is 460 g/mol. The Morgan fingerprint density at radius 3 is 1.79 bits per heavy atom. The number of anilines is 1. The third-order valence-electron chi connectivity index (χ3n) is 5.51. The zero-order valence-corrected chi connectivity index (χ0v) is 19.0. The van der Waals surface area contributed by atoms with Gasteiger partial charge in [0.15, 0.2) is 12.8 Å². The zero-order valence-electron chi connectivity index (χ0n) is 18.1. The van der Waals surface area contributed by atoms with Crippen molar-refractivity contribution in [3.8, 4) is 5.75 Å². The van der Waals surface area contributed by atoms with Crippen molar-refractivity contribution in [1.29, 1.82) is 0 Å². The van der Waals surface area contributed by atoms with Gasteiger partial charge in [-0.25, -0.2) is 5.21 Å². The summed E-state index contributed by atoms with van der Waals surface area (Å²) in [6.07, 6.45) is 0. The van der Waals surface area contributed by atoms with E-state index in [1.54, 1.807) is 19.2 Å². The van der Waals surface area contributed by atoms with Gasteiger partial charge in [0.1, 0.15) is 11.5 Å². The molecular weight excluding hydrogens is 435 g/mol. The van der Waals surface area contributed by atoms with Crippen LogP contribution in [0.4, 0.5) is 11.4 Å². The maximum atomic E-state index is 15.1. The fourth-order valence-electron chi connectivity index (χ4n) is 3.78. The molecule has 0 spiro atoms. The van der Waals surface area contributed by atoms with Crippen molar-refractivity contribution in [2.45, 2.75) is 5.78 Å². The van der Waals surface area contributed by atoms with Gasteiger partial charge in [0.25, 0.3) is 0 Å². The van der Waals surface area contributed by atoms with Crippen LogP contribution in [0.25, 0.3) is 0 Å². The molecule has 0 aliphatic heterocycles. The van der Waals surface area contributed by atoms with Crippen LogP contribution in [-0.4, -0.2) is 12.3 Å². The largest absolute Gasteiger partial charge is 0.595 e. The summed E-state index contributed by atoms with van der Waals surface area (Å²) in [5, 5.41) is 24.4. The summed E-state index contributed by atoms with van der Waals surface area (Å²) in [6, 6.07) is 32.9. The Balaban J connectivity index is 1.87. The van der Waals surface area contributed by atoms with Crippen LogP contribution in [0.15, 0.2) is 109 Å². The maximum absolute atomic E-state index is 15.1. The van der Waals surface area contributed by atoms with Crippen molar-refractivity contribution in [3.63, 3.8) is 0 Å². The number of rotatable bonds is 8. The van der Waals surface area contributed by atoms with E-state index < -0.39 is 18.2 Å². The minimum atomic E-state index is -3.24. The second kappa shape index (κ2) is 10.0. The van der Waals surface area contributed by atoms with Gasteiger partial charge in [0, 0.05) is 28.4 Å². The van der Waals surface area contributed by atoms with Crippen molar-refractivity contribution < 1.29 is 19.7 Å². The smallest absolute Gasteiger partial charge is 0.168 e. The second-order valence-corrected chi connectivity index (χ2v) is 10.4. The van der Waals surface area contributed by atoms with Gasteiger partial charge in [0.05, 0.1) is 7.11 Å². The molecule has 0 fully saturated rings. The van der Waals surface area contributed by atoms with E-state index in [-0.39, 0.29) is 5.69 Å². The van der Waals surface area contributed by atoms with Crippen molar-refractivity contribution in [1.82, 2.24) is 0 Å². The molecule has 4 rings (SSSR count). The molecule has 0 aromatic heterocycles. The zero-order chi connectivity index (χ0) is 23.3. The normalized spacial score (nSPS) is 13.2. The second-order valence-electron chi connectivity index (χ2n) is 7.53. The van der Waals surface area contributed by atoms with Crippen molar-refractivity contribution in [2.24, 2.45) is 0 Å². The van der Waals surface area contributed by atoms with Crippen LogP contribution in [0.3, 0.4) is 0 Å². The summed E-state index contributed by atoms with van der Waals surface area (Å²) in [7, 11) is -1.64. The summed E-state index contributed by atoms with van der Waals surface area (Å²) in [5.41, 5.74) is 1.69. The Kier molecular flexibility index (Phi) is 6.92. The molecule has 4 aromatic carbocycles. The van der Waals surface area contributed by atoms with Gasteiger partial charge in [-0.15, -0.1) is 0 Å². The Labute approximate surface area is 193 Å². The lowest BCUT2D eigenvalue weighted by molar-refractivity contribution is -0.991. The van der Waals surface area contributed by atoms with Gasteiger partial charge in [-0.3, -0.25) is 0 Å². The first kappa shape index (κ1) is 22.8. The molecule has 2 atom stereocenters. The highest BCUT2D eigenvalue weighted by molar-refractivity contribution is 7.79. The van der Waals surface area contributed by atoms with E-state index in [0.29, 0.717) is 11.4 Å². The third-order valence-corrected chi connectivity index (χ3v) is 8.79. The fraction of sp³-hybridized carbons (Fsp3) is 0.0769. The highest BCUT2D eigenvalue weighted by Gasteiger charge is 2.38. The lowest BCUT2D eigenvalue weighted by Gasteiger charge is -2.31. The lowest BCUT2D eigenvalue weighted by atomic mass is 10.2. The average molecular weight is 460 g/mol. The van der Waals surface area contributed by atoms with E-state index in [2.05, 4.69) is 5.32 Å². The molecule has 0 bridgehead atoms. The predicted molar refractivity (Wildman–Crippen MR) is 131 cm³/mol. The number of methoxy groups -OCH3 is 1. The molecule has 0 saturated heterocycles. The molecular formula is C26H25N2O4P. The molecule has 0 heterocycles. The molecule has 0 saturated carbocycles. The molecule has 33 heavy (non-hydrogen) atoms. The van der Waals surface area contributed by atoms with Crippen LogP contribution in [0.5, 0.6) is 5.75 Å². The molecule has 0 aliphatic carbocycles. The maximum Gasteiger partial charge on any atom is 0.168 e. The van der Waals surface area contributed by atoms with Gasteiger partial charge in [-0.1, -0.05) is 72.8 Å². The summed E-state index contributed by atoms with van der Waals surface area (Å²) < 4.78 is 20.4. The number of hydrogen-bond acceptors (Lipinski definition) is 5. The number of benzene rings is 4. The summed E-state index contributed by atoms with van der Waals surface area (Å²) >= 11 is 0. The summed E-state index contributed by atoms with van der Waals surface area (Å²) in [6.45, 7) is 0. The van der Waals surface area contributed by atoms with Gasteiger partial charge in [-0.2, -0.15) is 5.23 Å². The number of quaternary nitrogens is 1. The van der Waals surface area contributed by atoms with Crippen LogP contribution in [0, 0.1) is 5.21 Å². The van der Waals surface area contributed by atoms with Crippen LogP contribution in [-0.2, 0) is 4.57 Å². The van der Waals surface area contributed by atoms with Crippen LogP contribution in [0.2, 0.25) is 0 Å². The summed E-state index contributed by atoms with van der Waals surface area (Å²) in [5.74, 6) is 0.112. The molecule has 6 nitrogen and oxygen atoms in total. The van der Waals surface area contributed by atoms with Gasteiger partial charge < -0.3 is 19.8 Å². The molecule has 3 N–H and O–H groups in total. The van der Waals surface area contributed by atoms with Crippen LogP contribution < -0.4 is 25.9 Å². The Bertz CT molecular complexity index is 1170. The first-order valence-corrected chi connectivity index (χ1v) is 12.2. The minimum absolute atomic E-state index is 0.191. The molecule has 168 valence electrons. The Morgan fingerprint density at radius 2 is 1.33 bits per heavy atom. The van der Waals surface area contributed by atoms with Crippen LogP contribution >= 0.6 is 7.14 Å². The van der Waals surface area contributed by atoms with Crippen LogP contribution in [0.1, 0.15) is 11.3 Å². The van der Waals surface area contributed by atoms with Gasteiger partial charge in [0.2, 0.25) is 0 Å². The number of hydrogen-bond donors (Lipinski definition) is 3. The number of ether oxygens (including phenoxy) is 1. The van der Waals surface area contributed by atoms with Crippen molar-refractivity contribution >= 4 is 29.1 Å². The molecule has 7 heteroatoms. The van der Waals surface area contributed by atoms with Crippen molar-refractivity contribution in [2.75, 3.05) is 12.4 Å². The van der Waals surface area contributed by atoms with E-state index in [1.165, 1.54) is 12.1 Å². The molecule has 2 unspecified atom stereocenters. The highest BCUT2D eigenvalue weighted by atomic mass is 31.2. The molecule has 0 aliphatic rings. The van der Waals surface area contributed by atoms with E-state index in [1.807, 2.05) is 84.9 Å². The van der Waals surface area contributed by atoms with E-state index in [0.717, 1.165) is 16.2 Å². The van der Waals surface area contributed by atoms with Gasteiger partial charge >= 0.3 is 0 Å². The van der Waals surface area contributed by atoms with E-state index in [9.17, 15) is 10.4 Å². The fourth-order valence-corrected chi connectivity index (χ4v) is 6.83. The highest BCUT2D eigenvalue weighted by Crippen LogP contribution is 2.57. The first-order chi connectivity index (χ1) is 16.0. The van der Waals surface area contributed by atoms with E-state index >= 15 is 4.57 Å². The molecule has 0 amide bonds.